The van der Waals surface area contributed by atoms with Gasteiger partial charge in [-0.15, -0.1) is 0 Å². The quantitative estimate of drug-likeness (QED) is 0.352. The fraction of sp³-hybridized carbons (Fsp3) is 0.136. The zero-order chi connectivity index (χ0) is 22.7. The van der Waals surface area contributed by atoms with Crippen LogP contribution >= 0.6 is 0 Å². The maximum atomic E-state index is 12.8. The predicted molar refractivity (Wildman–Crippen MR) is 117 cm³/mol. The lowest BCUT2D eigenvalue weighted by atomic mass is 10.2. The van der Waals surface area contributed by atoms with Crippen LogP contribution in [0.25, 0.3) is 5.69 Å². The van der Waals surface area contributed by atoms with Crippen molar-refractivity contribution in [2.45, 2.75) is 13.5 Å². The van der Waals surface area contributed by atoms with Gasteiger partial charge in [0, 0.05) is 43.2 Å². The van der Waals surface area contributed by atoms with Gasteiger partial charge in [-0.3, -0.25) is 14.9 Å². The second-order valence-corrected chi connectivity index (χ2v) is 7.08. The standard InChI is InChI=1S/C22H20N6O4/c1-15-13-20(27(25-15)17-5-7-18(8-6-17)28(30)31)24-22(29)16-3-9-19(10-4-16)32-14-21-23-11-12-26(21)2/h3-13H,14H2,1-2H3,(H,24,29). The lowest BCUT2D eigenvalue weighted by Crippen LogP contribution is -2.15. The minimum Gasteiger partial charge on any atom is -0.486 e. The Kier molecular flexibility index (Phi) is 5.67. The van der Waals surface area contributed by atoms with Crippen LogP contribution in [0, 0.1) is 17.0 Å². The first kappa shape index (κ1) is 20.8. The number of hydrogen-bond donors (Lipinski definition) is 1. The van der Waals surface area contributed by atoms with E-state index in [1.165, 1.54) is 16.8 Å². The number of nitrogens with zero attached hydrogens (tertiary/aromatic N) is 5. The molecule has 0 saturated carbocycles. The number of anilines is 1. The Morgan fingerprint density at radius 3 is 2.50 bits per heavy atom. The lowest BCUT2D eigenvalue weighted by Gasteiger charge is -2.10. The van der Waals surface area contributed by atoms with E-state index in [4.69, 9.17) is 4.74 Å². The van der Waals surface area contributed by atoms with Crippen LogP contribution in [-0.4, -0.2) is 30.2 Å². The Morgan fingerprint density at radius 1 is 1.16 bits per heavy atom. The molecule has 4 aromatic rings. The summed E-state index contributed by atoms with van der Waals surface area (Å²) in [6.45, 7) is 2.12. The average molecular weight is 432 g/mol. The summed E-state index contributed by atoms with van der Waals surface area (Å²) in [7, 11) is 1.89. The number of rotatable bonds is 7. The van der Waals surface area contributed by atoms with Gasteiger partial charge in [0.05, 0.1) is 16.3 Å². The summed E-state index contributed by atoms with van der Waals surface area (Å²) in [6, 6.07) is 14.4. The monoisotopic (exact) mass is 432 g/mol. The molecule has 0 fully saturated rings. The number of hydrogen-bond acceptors (Lipinski definition) is 6. The third kappa shape index (κ3) is 4.48. The molecule has 0 saturated heterocycles. The molecule has 1 amide bonds. The Morgan fingerprint density at radius 2 is 1.88 bits per heavy atom. The molecule has 0 spiro atoms. The van der Waals surface area contributed by atoms with E-state index in [1.807, 2.05) is 17.8 Å². The van der Waals surface area contributed by atoms with Gasteiger partial charge >= 0.3 is 0 Å². The van der Waals surface area contributed by atoms with Gasteiger partial charge in [-0.05, 0) is 43.3 Å². The Hall–Kier alpha value is -4.47. The molecule has 0 aliphatic heterocycles. The zero-order valence-corrected chi connectivity index (χ0v) is 17.4. The average Bonchev–Trinajstić information content (AvgIpc) is 3.37. The molecule has 0 aliphatic rings. The largest absolute Gasteiger partial charge is 0.486 e. The van der Waals surface area contributed by atoms with E-state index >= 15 is 0 Å². The van der Waals surface area contributed by atoms with Gasteiger partial charge in [-0.2, -0.15) is 5.10 Å². The minimum atomic E-state index is -0.468. The summed E-state index contributed by atoms with van der Waals surface area (Å²) in [4.78, 5) is 27.4. The molecule has 2 aromatic heterocycles. The van der Waals surface area contributed by atoms with Gasteiger partial charge in [-0.25, -0.2) is 9.67 Å². The molecule has 162 valence electrons. The maximum Gasteiger partial charge on any atom is 0.269 e. The highest BCUT2D eigenvalue weighted by molar-refractivity contribution is 6.04. The van der Waals surface area contributed by atoms with E-state index in [1.54, 1.807) is 55.6 Å². The van der Waals surface area contributed by atoms with Crippen molar-refractivity contribution in [3.05, 3.63) is 94.2 Å². The van der Waals surface area contributed by atoms with E-state index in [9.17, 15) is 14.9 Å². The van der Waals surface area contributed by atoms with Gasteiger partial charge < -0.3 is 14.6 Å². The fourth-order valence-corrected chi connectivity index (χ4v) is 3.08. The van der Waals surface area contributed by atoms with Gasteiger partial charge in [0.2, 0.25) is 0 Å². The molecular formula is C22H20N6O4. The number of non-ortho nitro benzene ring substituents is 1. The second kappa shape index (κ2) is 8.72. The van der Waals surface area contributed by atoms with Gasteiger partial charge in [0.15, 0.2) is 0 Å². The number of amides is 1. The van der Waals surface area contributed by atoms with Crippen molar-refractivity contribution in [1.82, 2.24) is 19.3 Å². The summed E-state index contributed by atoms with van der Waals surface area (Å²) in [5.74, 6) is 1.55. The number of aryl methyl sites for hydroxylation is 2. The van der Waals surface area contributed by atoms with Crippen LogP contribution in [0.4, 0.5) is 11.5 Å². The van der Waals surface area contributed by atoms with E-state index < -0.39 is 4.92 Å². The third-order valence-corrected chi connectivity index (χ3v) is 4.78. The summed E-state index contributed by atoms with van der Waals surface area (Å²) in [5, 5.41) is 18.1. The predicted octanol–water partition coefficient (Wildman–Crippen LogP) is 3.65. The first-order chi connectivity index (χ1) is 15.4. The highest BCUT2D eigenvalue weighted by Crippen LogP contribution is 2.21. The molecule has 0 aliphatic carbocycles. The number of nitro groups is 1. The van der Waals surface area contributed by atoms with Crippen LogP contribution in [0.2, 0.25) is 0 Å². The zero-order valence-electron chi connectivity index (χ0n) is 17.4. The smallest absolute Gasteiger partial charge is 0.269 e. The molecule has 0 bridgehead atoms. The summed E-state index contributed by atoms with van der Waals surface area (Å²) < 4.78 is 9.12. The van der Waals surface area contributed by atoms with Crippen molar-refractivity contribution in [3.63, 3.8) is 0 Å². The SMILES string of the molecule is Cc1cc(NC(=O)c2ccc(OCc3nccn3C)cc2)n(-c2ccc([N+](=O)[O-])cc2)n1. The van der Waals surface area contributed by atoms with Crippen LogP contribution in [0.1, 0.15) is 21.9 Å². The lowest BCUT2D eigenvalue weighted by molar-refractivity contribution is -0.384. The highest BCUT2D eigenvalue weighted by Gasteiger charge is 2.14. The van der Waals surface area contributed by atoms with Crippen molar-refractivity contribution in [3.8, 4) is 11.4 Å². The number of carbonyl (C=O) groups is 1. The molecular weight excluding hydrogens is 412 g/mol. The first-order valence-corrected chi connectivity index (χ1v) is 9.72. The number of benzene rings is 2. The Labute approximate surface area is 183 Å². The van der Waals surface area contributed by atoms with Crippen LogP contribution in [-0.2, 0) is 13.7 Å². The van der Waals surface area contributed by atoms with Gasteiger partial charge in [-0.1, -0.05) is 0 Å². The third-order valence-electron chi connectivity index (χ3n) is 4.78. The van der Waals surface area contributed by atoms with Crippen molar-refractivity contribution in [2.24, 2.45) is 7.05 Å². The van der Waals surface area contributed by atoms with Crippen molar-refractivity contribution >= 4 is 17.4 Å². The molecule has 4 rings (SSSR count). The molecule has 2 heterocycles. The van der Waals surface area contributed by atoms with E-state index in [2.05, 4.69) is 15.4 Å². The van der Waals surface area contributed by atoms with Crippen LogP contribution in [0.5, 0.6) is 5.75 Å². The van der Waals surface area contributed by atoms with Crippen LogP contribution < -0.4 is 10.1 Å². The van der Waals surface area contributed by atoms with Crippen LogP contribution in [0.3, 0.4) is 0 Å². The molecule has 2 aromatic carbocycles. The van der Waals surface area contributed by atoms with Gasteiger partial charge in [0.25, 0.3) is 11.6 Å². The number of aromatic nitrogens is 4. The summed E-state index contributed by atoms with van der Waals surface area (Å²) >= 11 is 0. The molecule has 10 heteroatoms. The molecule has 10 nitrogen and oxygen atoms in total. The number of nitro benzene ring substituents is 1. The van der Waals surface area contributed by atoms with Crippen molar-refractivity contribution in [1.29, 1.82) is 0 Å². The molecule has 32 heavy (non-hydrogen) atoms. The second-order valence-electron chi connectivity index (χ2n) is 7.08. The van der Waals surface area contributed by atoms with Gasteiger partial charge in [0.1, 0.15) is 24.0 Å². The number of carbonyl (C=O) groups excluding carboxylic acids is 1. The molecule has 0 radical (unpaired) electrons. The minimum absolute atomic E-state index is 0.0200. The topological polar surface area (TPSA) is 117 Å². The normalized spacial score (nSPS) is 10.7. The summed E-state index contributed by atoms with van der Waals surface area (Å²) in [6.07, 6.45) is 3.55. The van der Waals surface area contributed by atoms with E-state index in [0.717, 1.165) is 5.82 Å². The molecule has 1 N–H and O–H groups in total. The molecule has 0 atom stereocenters. The molecule has 0 unspecified atom stereocenters. The maximum absolute atomic E-state index is 12.8. The highest BCUT2D eigenvalue weighted by atomic mass is 16.6. The van der Waals surface area contributed by atoms with Crippen molar-refractivity contribution in [2.75, 3.05) is 5.32 Å². The Bertz CT molecular complexity index is 1260. The number of ether oxygens (including phenoxy) is 1. The van der Waals surface area contributed by atoms with E-state index in [-0.39, 0.29) is 11.6 Å². The van der Waals surface area contributed by atoms with Crippen LogP contribution in [0.15, 0.2) is 67.0 Å². The number of imidazole rings is 1. The van der Waals surface area contributed by atoms with Crippen molar-refractivity contribution < 1.29 is 14.5 Å². The first-order valence-electron chi connectivity index (χ1n) is 9.72. The fourth-order valence-electron chi connectivity index (χ4n) is 3.08. The Balaban J connectivity index is 1.46. The van der Waals surface area contributed by atoms with E-state index in [0.29, 0.717) is 35.1 Å². The number of nitrogens with one attached hydrogen (secondary N) is 1. The summed E-state index contributed by atoms with van der Waals surface area (Å²) in [5.41, 5.74) is 1.71.